The first-order chi connectivity index (χ1) is 13.0. The van der Waals surface area contributed by atoms with Crippen molar-refractivity contribution in [3.8, 4) is 0 Å². The molecule has 0 radical (unpaired) electrons. The van der Waals surface area contributed by atoms with Gasteiger partial charge >= 0.3 is 0 Å². The normalized spacial score (nSPS) is 17.6. The van der Waals surface area contributed by atoms with Gasteiger partial charge in [-0.15, -0.1) is 0 Å². The maximum Gasteiger partial charge on any atom is 0.272 e. The summed E-state index contributed by atoms with van der Waals surface area (Å²) in [6.45, 7) is 3.91. The van der Waals surface area contributed by atoms with Crippen LogP contribution < -0.4 is 10.2 Å². The largest absolute Gasteiger partial charge is 0.326 e. The molecule has 0 saturated carbocycles. The molecule has 1 unspecified atom stereocenters. The SMILES string of the molecule is CCCC(C)C(=O)N[C@@H]1N=C(c2ccccc2)c2ccccc2N(C)C1=O. The fourth-order valence-electron chi connectivity index (χ4n) is 3.28. The van der Waals surface area contributed by atoms with Crippen molar-refractivity contribution in [2.75, 3.05) is 11.9 Å². The van der Waals surface area contributed by atoms with Gasteiger partial charge in [0.25, 0.3) is 5.91 Å². The number of carbonyl (C=O) groups excluding carboxylic acids is 2. The van der Waals surface area contributed by atoms with E-state index in [1.54, 1.807) is 11.9 Å². The van der Waals surface area contributed by atoms with Crippen molar-refractivity contribution in [1.29, 1.82) is 0 Å². The predicted octanol–water partition coefficient (Wildman–Crippen LogP) is 3.38. The molecule has 1 heterocycles. The summed E-state index contributed by atoms with van der Waals surface area (Å²) in [5.74, 6) is -0.551. The van der Waals surface area contributed by atoms with Gasteiger partial charge in [-0.3, -0.25) is 9.59 Å². The molecule has 0 spiro atoms. The first-order valence-corrected chi connectivity index (χ1v) is 9.33. The van der Waals surface area contributed by atoms with Crippen LogP contribution in [0, 0.1) is 5.92 Å². The zero-order valence-electron chi connectivity index (χ0n) is 16.0. The Labute approximate surface area is 160 Å². The van der Waals surface area contributed by atoms with Gasteiger partial charge in [0.15, 0.2) is 0 Å². The third-order valence-corrected chi connectivity index (χ3v) is 4.84. The molecule has 0 fully saturated rings. The Morgan fingerprint density at radius 1 is 1.15 bits per heavy atom. The molecular weight excluding hydrogens is 338 g/mol. The lowest BCUT2D eigenvalue weighted by Gasteiger charge is -2.21. The number of benzene rings is 2. The molecule has 2 aromatic rings. The van der Waals surface area contributed by atoms with Gasteiger partial charge < -0.3 is 10.2 Å². The number of hydrogen-bond donors (Lipinski definition) is 1. The highest BCUT2D eigenvalue weighted by Gasteiger charge is 2.31. The van der Waals surface area contributed by atoms with Gasteiger partial charge in [0.05, 0.1) is 11.4 Å². The molecule has 140 valence electrons. The zero-order chi connectivity index (χ0) is 19.4. The molecule has 5 nitrogen and oxygen atoms in total. The number of carbonyl (C=O) groups is 2. The highest BCUT2D eigenvalue weighted by atomic mass is 16.2. The Bertz CT molecular complexity index is 861. The second-order valence-electron chi connectivity index (χ2n) is 6.86. The van der Waals surface area contributed by atoms with E-state index in [0.717, 1.165) is 29.7 Å². The number of hydrogen-bond acceptors (Lipinski definition) is 3. The summed E-state index contributed by atoms with van der Waals surface area (Å²) in [7, 11) is 1.72. The van der Waals surface area contributed by atoms with E-state index in [2.05, 4.69) is 5.32 Å². The molecule has 2 aromatic carbocycles. The number of amides is 2. The van der Waals surface area contributed by atoms with Gasteiger partial charge in [0, 0.05) is 24.1 Å². The fourth-order valence-corrected chi connectivity index (χ4v) is 3.28. The molecule has 1 aliphatic heterocycles. The van der Waals surface area contributed by atoms with Gasteiger partial charge in [-0.25, -0.2) is 4.99 Å². The average Bonchev–Trinajstić information content (AvgIpc) is 2.79. The van der Waals surface area contributed by atoms with Gasteiger partial charge in [0.1, 0.15) is 0 Å². The van der Waals surface area contributed by atoms with Gasteiger partial charge in [0.2, 0.25) is 12.1 Å². The summed E-state index contributed by atoms with van der Waals surface area (Å²) >= 11 is 0. The molecule has 3 rings (SSSR count). The highest BCUT2D eigenvalue weighted by molar-refractivity contribution is 6.20. The molecule has 2 atom stereocenters. The number of aliphatic imine (C=N–C) groups is 1. The van der Waals surface area contributed by atoms with E-state index in [4.69, 9.17) is 4.99 Å². The zero-order valence-corrected chi connectivity index (χ0v) is 16.0. The predicted molar refractivity (Wildman–Crippen MR) is 108 cm³/mol. The molecule has 0 bridgehead atoms. The van der Waals surface area contributed by atoms with Crippen LogP contribution in [-0.4, -0.2) is 30.7 Å². The van der Waals surface area contributed by atoms with Crippen molar-refractivity contribution in [1.82, 2.24) is 5.32 Å². The Morgan fingerprint density at radius 3 is 2.52 bits per heavy atom. The summed E-state index contributed by atoms with van der Waals surface area (Å²) < 4.78 is 0. The van der Waals surface area contributed by atoms with E-state index in [9.17, 15) is 9.59 Å². The summed E-state index contributed by atoms with van der Waals surface area (Å²) in [4.78, 5) is 31.8. The van der Waals surface area contributed by atoms with Crippen LogP contribution in [0.5, 0.6) is 0 Å². The first-order valence-electron chi connectivity index (χ1n) is 9.33. The van der Waals surface area contributed by atoms with Gasteiger partial charge in [-0.2, -0.15) is 0 Å². The topological polar surface area (TPSA) is 61.8 Å². The standard InChI is InChI=1S/C22H25N3O2/c1-4-10-15(2)21(26)24-20-22(27)25(3)18-14-9-8-13-17(18)19(23-20)16-11-6-5-7-12-16/h5-9,11-15,20H,4,10H2,1-3H3,(H,24,26)/t15?,20-/m0/s1. The number of nitrogens with zero attached hydrogens (tertiary/aromatic N) is 2. The van der Waals surface area contributed by atoms with Crippen LogP contribution in [-0.2, 0) is 9.59 Å². The van der Waals surface area contributed by atoms with Crippen LogP contribution in [0.1, 0.15) is 37.8 Å². The minimum atomic E-state index is -0.940. The lowest BCUT2D eigenvalue weighted by Crippen LogP contribution is -2.47. The summed E-state index contributed by atoms with van der Waals surface area (Å²) in [6.07, 6.45) is 0.749. The minimum absolute atomic E-state index is 0.147. The second kappa shape index (κ2) is 8.16. The lowest BCUT2D eigenvalue weighted by atomic mass is 10.0. The number of rotatable bonds is 5. The van der Waals surface area contributed by atoms with E-state index < -0.39 is 6.17 Å². The Hall–Kier alpha value is -2.95. The van der Waals surface area contributed by atoms with Crippen LogP contribution in [0.4, 0.5) is 5.69 Å². The number of para-hydroxylation sites is 1. The molecule has 0 saturated heterocycles. The quantitative estimate of drug-likeness (QED) is 0.885. The van der Waals surface area contributed by atoms with Crippen molar-refractivity contribution in [3.63, 3.8) is 0 Å². The van der Waals surface area contributed by atoms with E-state index in [1.165, 1.54) is 0 Å². The van der Waals surface area contributed by atoms with Gasteiger partial charge in [-0.05, 0) is 12.5 Å². The number of nitrogens with one attached hydrogen (secondary N) is 1. The minimum Gasteiger partial charge on any atom is -0.326 e. The number of fused-ring (bicyclic) bond motifs is 1. The van der Waals surface area contributed by atoms with Crippen molar-refractivity contribution < 1.29 is 9.59 Å². The maximum absolute atomic E-state index is 13.0. The van der Waals surface area contributed by atoms with E-state index in [-0.39, 0.29) is 17.7 Å². The third-order valence-electron chi connectivity index (χ3n) is 4.84. The summed E-state index contributed by atoms with van der Waals surface area (Å²) in [5.41, 5.74) is 3.27. The van der Waals surface area contributed by atoms with Crippen molar-refractivity contribution in [2.45, 2.75) is 32.9 Å². The molecule has 1 aliphatic rings. The van der Waals surface area contributed by atoms with Crippen LogP contribution in [0.15, 0.2) is 59.6 Å². The molecule has 0 aromatic heterocycles. The average molecular weight is 363 g/mol. The molecule has 2 amide bonds. The number of benzodiazepines with no additional fused rings is 1. The summed E-state index contributed by atoms with van der Waals surface area (Å²) in [6, 6.07) is 17.4. The van der Waals surface area contributed by atoms with Crippen molar-refractivity contribution >= 4 is 23.2 Å². The first kappa shape index (κ1) is 18.8. The molecular formula is C22H25N3O2. The van der Waals surface area contributed by atoms with Crippen LogP contribution >= 0.6 is 0 Å². The smallest absolute Gasteiger partial charge is 0.272 e. The maximum atomic E-state index is 13.0. The molecule has 27 heavy (non-hydrogen) atoms. The van der Waals surface area contributed by atoms with E-state index >= 15 is 0 Å². The highest BCUT2D eigenvalue weighted by Crippen LogP contribution is 2.27. The van der Waals surface area contributed by atoms with Crippen molar-refractivity contribution in [2.24, 2.45) is 10.9 Å². The summed E-state index contributed by atoms with van der Waals surface area (Å²) in [5, 5.41) is 2.84. The van der Waals surface area contributed by atoms with E-state index in [1.807, 2.05) is 68.4 Å². The van der Waals surface area contributed by atoms with Crippen LogP contribution in [0.25, 0.3) is 0 Å². The monoisotopic (exact) mass is 363 g/mol. The second-order valence-corrected chi connectivity index (χ2v) is 6.86. The Balaban J connectivity index is 2.05. The molecule has 1 N–H and O–H groups in total. The number of anilines is 1. The molecule has 5 heteroatoms. The van der Waals surface area contributed by atoms with Crippen LogP contribution in [0.2, 0.25) is 0 Å². The fraction of sp³-hybridized carbons (Fsp3) is 0.318. The molecule has 0 aliphatic carbocycles. The lowest BCUT2D eigenvalue weighted by molar-refractivity contribution is -0.129. The van der Waals surface area contributed by atoms with Crippen molar-refractivity contribution in [3.05, 3.63) is 65.7 Å². The third kappa shape index (κ3) is 3.92. The Morgan fingerprint density at radius 2 is 1.81 bits per heavy atom. The van der Waals surface area contributed by atoms with Gasteiger partial charge in [-0.1, -0.05) is 68.8 Å². The van der Waals surface area contributed by atoms with Crippen LogP contribution in [0.3, 0.4) is 0 Å². The van der Waals surface area contributed by atoms with E-state index in [0.29, 0.717) is 5.71 Å². The number of likely N-dealkylation sites (N-methyl/N-ethyl adjacent to an activating group) is 1. The Kier molecular flexibility index (Phi) is 5.69.